The number of hydrogen-bond acceptors (Lipinski definition) is 3. The summed E-state index contributed by atoms with van der Waals surface area (Å²) in [4.78, 5) is 13.1. The lowest BCUT2D eigenvalue weighted by Crippen LogP contribution is -2.29. The molecule has 1 saturated carbocycles. The second kappa shape index (κ2) is 5.69. The van der Waals surface area contributed by atoms with E-state index in [4.69, 9.17) is 10.8 Å². The Bertz CT molecular complexity index is 513. The molecule has 0 spiro atoms. The predicted molar refractivity (Wildman–Crippen MR) is 77.6 cm³/mol. The minimum absolute atomic E-state index is 0.0293. The van der Waals surface area contributed by atoms with Crippen LogP contribution in [0.2, 0.25) is 0 Å². The number of carboxylic acids is 1. The summed E-state index contributed by atoms with van der Waals surface area (Å²) in [5.74, 6) is -1.04. The lowest BCUT2D eigenvalue weighted by molar-refractivity contribution is 0.0698. The second-order valence-corrected chi connectivity index (χ2v) is 5.80. The van der Waals surface area contributed by atoms with Gasteiger partial charge in [0.05, 0.1) is 11.3 Å². The average Bonchev–Trinajstić information content (AvgIpc) is 3.15. The molecule has 1 aliphatic carbocycles. The van der Waals surface area contributed by atoms with E-state index in [1.54, 1.807) is 0 Å². The lowest BCUT2D eigenvalue weighted by Gasteiger charge is -2.26. The van der Waals surface area contributed by atoms with Gasteiger partial charge in [0.2, 0.25) is 0 Å². The molecule has 1 aliphatic rings. The summed E-state index contributed by atoms with van der Waals surface area (Å²) in [5.41, 5.74) is 5.87. The SMILES string of the molecule is CC(C)CCN(c1cc(C(=O)O)c(N)cc1F)C1CC1. The van der Waals surface area contributed by atoms with E-state index in [0.29, 0.717) is 17.6 Å². The summed E-state index contributed by atoms with van der Waals surface area (Å²) < 4.78 is 14.1. The zero-order valence-corrected chi connectivity index (χ0v) is 11.9. The minimum atomic E-state index is -1.12. The van der Waals surface area contributed by atoms with Crippen molar-refractivity contribution >= 4 is 17.3 Å². The first-order chi connectivity index (χ1) is 9.40. The quantitative estimate of drug-likeness (QED) is 0.786. The molecule has 1 fully saturated rings. The molecule has 1 aromatic carbocycles. The smallest absolute Gasteiger partial charge is 0.337 e. The monoisotopic (exact) mass is 280 g/mol. The molecule has 110 valence electrons. The van der Waals surface area contributed by atoms with Crippen molar-refractivity contribution < 1.29 is 14.3 Å². The number of nitrogen functional groups attached to an aromatic ring is 1. The number of benzene rings is 1. The maximum atomic E-state index is 14.1. The van der Waals surface area contributed by atoms with Gasteiger partial charge in [-0.1, -0.05) is 13.8 Å². The fourth-order valence-corrected chi connectivity index (χ4v) is 2.27. The van der Waals surface area contributed by atoms with E-state index in [2.05, 4.69) is 13.8 Å². The van der Waals surface area contributed by atoms with Crippen LogP contribution in [0.1, 0.15) is 43.5 Å². The number of nitrogens with two attached hydrogens (primary N) is 1. The van der Waals surface area contributed by atoms with Gasteiger partial charge in [-0.25, -0.2) is 9.18 Å². The molecular formula is C15H21FN2O2. The number of hydrogen-bond donors (Lipinski definition) is 2. The van der Waals surface area contributed by atoms with Gasteiger partial charge < -0.3 is 15.7 Å². The zero-order valence-electron chi connectivity index (χ0n) is 11.9. The summed E-state index contributed by atoms with van der Waals surface area (Å²) in [5, 5.41) is 9.11. The Morgan fingerprint density at radius 1 is 1.50 bits per heavy atom. The molecule has 0 saturated heterocycles. The Morgan fingerprint density at radius 3 is 2.65 bits per heavy atom. The third kappa shape index (κ3) is 3.21. The first kappa shape index (κ1) is 14.6. The number of carboxylic acid groups (broad SMARTS) is 1. The minimum Gasteiger partial charge on any atom is -0.478 e. The van der Waals surface area contributed by atoms with Crippen LogP contribution in [0.3, 0.4) is 0 Å². The molecule has 2 rings (SSSR count). The van der Waals surface area contributed by atoms with Crippen LogP contribution in [0.5, 0.6) is 0 Å². The molecule has 3 N–H and O–H groups in total. The molecule has 0 amide bonds. The van der Waals surface area contributed by atoms with E-state index < -0.39 is 11.8 Å². The van der Waals surface area contributed by atoms with Crippen molar-refractivity contribution in [2.45, 2.75) is 39.2 Å². The third-order valence-corrected chi connectivity index (χ3v) is 3.59. The van der Waals surface area contributed by atoms with Crippen molar-refractivity contribution in [2.24, 2.45) is 5.92 Å². The molecule has 0 unspecified atom stereocenters. The van der Waals surface area contributed by atoms with Gasteiger partial charge in [-0.15, -0.1) is 0 Å². The molecule has 0 aromatic heterocycles. The fraction of sp³-hybridized carbons (Fsp3) is 0.533. The number of rotatable bonds is 6. The summed E-state index contributed by atoms with van der Waals surface area (Å²) >= 11 is 0. The van der Waals surface area contributed by atoms with Crippen LogP contribution in [-0.4, -0.2) is 23.7 Å². The molecule has 1 aromatic rings. The molecule has 20 heavy (non-hydrogen) atoms. The highest BCUT2D eigenvalue weighted by atomic mass is 19.1. The molecule has 0 atom stereocenters. The topological polar surface area (TPSA) is 66.6 Å². The Balaban J connectivity index is 2.32. The number of carbonyl (C=O) groups is 1. The van der Waals surface area contributed by atoms with Crippen molar-refractivity contribution in [3.63, 3.8) is 0 Å². The highest BCUT2D eigenvalue weighted by Gasteiger charge is 2.31. The molecule has 0 radical (unpaired) electrons. The maximum Gasteiger partial charge on any atom is 0.337 e. The van der Waals surface area contributed by atoms with Crippen LogP contribution in [0.4, 0.5) is 15.8 Å². The van der Waals surface area contributed by atoms with Crippen LogP contribution in [-0.2, 0) is 0 Å². The maximum absolute atomic E-state index is 14.1. The molecule has 0 aliphatic heterocycles. The third-order valence-electron chi connectivity index (χ3n) is 3.59. The largest absolute Gasteiger partial charge is 0.478 e. The molecule has 0 heterocycles. The summed E-state index contributed by atoms with van der Waals surface area (Å²) in [7, 11) is 0. The van der Waals surface area contributed by atoms with E-state index >= 15 is 0 Å². The summed E-state index contributed by atoms with van der Waals surface area (Å²) in [6, 6.07) is 2.81. The van der Waals surface area contributed by atoms with Crippen LogP contribution >= 0.6 is 0 Å². The van der Waals surface area contributed by atoms with E-state index in [1.807, 2.05) is 4.90 Å². The number of anilines is 2. The molecule has 5 heteroatoms. The van der Waals surface area contributed by atoms with Gasteiger partial charge >= 0.3 is 5.97 Å². The highest BCUT2D eigenvalue weighted by molar-refractivity contribution is 5.95. The first-order valence-corrected chi connectivity index (χ1v) is 6.99. The average molecular weight is 280 g/mol. The van der Waals surface area contributed by atoms with Gasteiger partial charge in [-0.2, -0.15) is 0 Å². The summed E-state index contributed by atoms with van der Waals surface area (Å²) in [6.45, 7) is 4.97. The van der Waals surface area contributed by atoms with Crippen molar-refractivity contribution in [3.05, 3.63) is 23.5 Å². The van der Waals surface area contributed by atoms with E-state index in [0.717, 1.165) is 31.9 Å². The van der Waals surface area contributed by atoms with Crippen LogP contribution in [0.15, 0.2) is 12.1 Å². The van der Waals surface area contributed by atoms with Crippen molar-refractivity contribution in [2.75, 3.05) is 17.2 Å². The number of halogens is 1. The number of aromatic carboxylic acids is 1. The van der Waals surface area contributed by atoms with Crippen LogP contribution < -0.4 is 10.6 Å². The van der Waals surface area contributed by atoms with Crippen LogP contribution in [0.25, 0.3) is 0 Å². The lowest BCUT2D eigenvalue weighted by atomic mass is 10.1. The molecular weight excluding hydrogens is 259 g/mol. The van der Waals surface area contributed by atoms with Crippen molar-refractivity contribution in [3.8, 4) is 0 Å². The van der Waals surface area contributed by atoms with Gasteiger partial charge in [0.15, 0.2) is 0 Å². The van der Waals surface area contributed by atoms with Crippen molar-refractivity contribution in [1.82, 2.24) is 0 Å². The Kier molecular flexibility index (Phi) is 4.16. The molecule has 0 bridgehead atoms. The fourth-order valence-electron chi connectivity index (χ4n) is 2.27. The second-order valence-electron chi connectivity index (χ2n) is 5.80. The van der Waals surface area contributed by atoms with Gasteiger partial charge in [0.25, 0.3) is 0 Å². The van der Waals surface area contributed by atoms with Gasteiger partial charge in [-0.05, 0) is 37.3 Å². The summed E-state index contributed by atoms with van der Waals surface area (Å²) in [6.07, 6.45) is 3.01. The van der Waals surface area contributed by atoms with Gasteiger partial charge in [-0.3, -0.25) is 0 Å². The Hall–Kier alpha value is -1.78. The van der Waals surface area contributed by atoms with E-state index in [-0.39, 0.29) is 11.3 Å². The zero-order chi connectivity index (χ0) is 14.9. The van der Waals surface area contributed by atoms with Crippen molar-refractivity contribution in [1.29, 1.82) is 0 Å². The first-order valence-electron chi connectivity index (χ1n) is 6.99. The van der Waals surface area contributed by atoms with Gasteiger partial charge in [0, 0.05) is 18.3 Å². The Morgan fingerprint density at radius 2 is 2.15 bits per heavy atom. The predicted octanol–water partition coefficient (Wildman–Crippen LogP) is 3.12. The highest BCUT2D eigenvalue weighted by Crippen LogP contribution is 2.35. The molecule has 4 nitrogen and oxygen atoms in total. The standard InChI is InChI=1S/C15H21FN2O2/c1-9(2)5-6-18(10-3-4-10)14-7-11(15(19)20)13(17)8-12(14)16/h7-10H,3-6,17H2,1-2H3,(H,19,20). The van der Waals surface area contributed by atoms with E-state index in [1.165, 1.54) is 6.07 Å². The number of nitrogens with zero attached hydrogens (tertiary/aromatic N) is 1. The van der Waals surface area contributed by atoms with Crippen LogP contribution in [0, 0.1) is 11.7 Å². The normalized spacial score (nSPS) is 14.6. The Labute approximate surface area is 118 Å². The van der Waals surface area contributed by atoms with Gasteiger partial charge in [0.1, 0.15) is 5.82 Å². The van der Waals surface area contributed by atoms with E-state index in [9.17, 15) is 9.18 Å².